The standard InChI is InChI=1S/C57H115NO3/c1-3-5-7-9-11-13-15-17-19-21-22-23-24-25-26-27-28-29-30-31-32-33-34-35-37-38-40-42-44-46-48-50-52-56(60)55(54-59)58-57(61)53-51-49-47-45-43-41-39-36-20-18-16-14-12-10-8-6-4-2/h55-56,59-60H,3-54H2,1-2H3,(H,58,61). The Hall–Kier alpha value is -0.610. The molecule has 0 aromatic carbocycles. The van der Waals surface area contributed by atoms with Gasteiger partial charge in [-0.25, -0.2) is 0 Å². The molecule has 3 N–H and O–H groups in total. The van der Waals surface area contributed by atoms with Crippen LogP contribution in [0.3, 0.4) is 0 Å². The van der Waals surface area contributed by atoms with Crippen LogP contribution in [-0.4, -0.2) is 34.9 Å². The summed E-state index contributed by atoms with van der Waals surface area (Å²) in [6, 6.07) is -0.531. The first kappa shape index (κ1) is 60.4. The predicted octanol–water partition coefficient (Wildman–Crippen LogP) is 18.8. The molecule has 0 aliphatic carbocycles. The summed E-state index contributed by atoms with van der Waals surface area (Å²) >= 11 is 0. The molecule has 4 nitrogen and oxygen atoms in total. The van der Waals surface area contributed by atoms with Crippen molar-refractivity contribution in [2.45, 2.75) is 353 Å². The molecule has 2 atom stereocenters. The first-order chi connectivity index (χ1) is 30.2. The lowest BCUT2D eigenvalue weighted by Crippen LogP contribution is -2.45. The van der Waals surface area contributed by atoms with E-state index in [0.29, 0.717) is 12.8 Å². The molecule has 366 valence electrons. The second kappa shape index (κ2) is 53.7. The molecule has 0 rings (SSSR count). The molecule has 2 unspecified atom stereocenters. The Morgan fingerprint density at radius 2 is 0.525 bits per heavy atom. The zero-order chi connectivity index (χ0) is 44.2. The first-order valence-corrected chi connectivity index (χ1v) is 28.7. The quantitative estimate of drug-likeness (QED) is 0.0534. The third-order valence-corrected chi connectivity index (χ3v) is 13.9. The van der Waals surface area contributed by atoms with Gasteiger partial charge in [0.05, 0.1) is 18.8 Å². The lowest BCUT2D eigenvalue weighted by Gasteiger charge is -2.22. The SMILES string of the molecule is CCCCCCCCCCCCCCCCCCCCCCCCCCCCCCCCCCC(O)C(CO)NC(=O)CCCCCCCCCCCCCCCCCCC. The number of nitrogens with one attached hydrogen (secondary N) is 1. The van der Waals surface area contributed by atoms with E-state index in [-0.39, 0.29) is 12.5 Å². The molecule has 0 fully saturated rings. The molecule has 0 aromatic heterocycles. The van der Waals surface area contributed by atoms with Gasteiger partial charge in [-0.05, 0) is 12.8 Å². The van der Waals surface area contributed by atoms with Crippen LogP contribution in [0, 0.1) is 0 Å². The summed E-state index contributed by atoms with van der Waals surface area (Å²) in [6.45, 7) is 4.40. The Balaban J connectivity index is 3.37. The molecule has 0 bridgehead atoms. The van der Waals surface area contributed by atoms with Crippen molar-refractivity contribution in [1.29, 1.82) is 0 Å². The molecule has 0 spiro atoms. The van der Waals surface area contributed by atoms with Crippen LogP contribution in [0.1, 0.15) is 341 Å². The fourth-order valence-corrected chi connectivity index (χ4v) is 9.48. The largest absolute Gasteiger partial charge is 0.394 e. The van der Waals surface area contributed by atoms with Crippen LogP contribution < -0.4 is 5.32 Å². The monoisotopic (exact) mass is 862 g/mol. The van der Waals surface area contributed by atoms with Crippen LogP contribution in [0.15, 0.2) is 0 Å². The minimum absolute atomic E-state index is 0.0231. The highest BCUT2D eigenvalue weighted by molar-refractivity contribution is 5.76. The maximum absolute atomic E-state index is 12.5. The summed E-state index contributed by atoms with van der Waals surface area (Å²) in [5, 5.41) is 23.3. The van der Waals surface area contributed by atoms with Crippen LogP contribution in [0.25, 0.3) is 0 Å². The Labute approximate surface area is 384 Å². The van der Waals surface area contributed by atoms with E-state index in [9.17, 15) is 15.0 Å². The third kappa shape index (κ3) is 50.3. The van der Waals surface area contributed by atoms with Gasteiger partial charge < -0.3 is 15.5 Å². The Morgan fingerprint density at radius 1 is 0.328 bits per heavy atom. The van der Waals surface area contributed by atoms with Gasteiger partial charge in [-0.15, -0.1) is 0 Å². The summed E-state index contributed by atoms with van der Waals surface area (Å²) in [6.07, 6.45) is 68.2. The number of carbonyl (C=O) groups excluding carboxylic acids is 1. The minimum Gasteiger partial charge on any atom is -0.394 e. The molecule has 61 heavy (non-hydrogen) atoms. The number of aliphatic hydroxyl groups excluding tert-OH is 2. The third-order valence-electron chi connectivity index (χ3n) is 13.9. The molecule has 1 amide bonds. The van der Waals surface area contributed by atoms with Gasteiger partial charge >= 0.3 is 0 Å². The van der Waals surface area contributed by atoms with Gasteiger partial charge in [0.25, 0.3) is 0 Å². The van der Waals surface area contributed by atoms with E-state index in [1.165, 1.54) is 289 Å². The first-order valence-electron chi connectivity index (χ1n) is 28.7. The van der Waals surface area contributed by atoms with Gasteiger partial charge in [0.1, 0.15) is 0 Å². The van der Waals surface area contributed by atoms with E-state index in [4.69, 9.17) is 0 Å². The van der Waals surface area contributed by atoms with Crippen LogP contribution in [0.2, 0.25) is 0 Å². The summed E-state index contributed by atoms with van der Waals surface area (Å²) < 4.78 is 0. The average Bonchev–Trinajstić information content (AvgIpc) is 3.26. The lowest BCUT2D eigenvalue weighted by molar-refractivity contribution is -0.123. The van der Waals surface area contributed by atoms with Crippen molar-refractivity contribution in [1.82, 2.24) is 5.32 Å². The molecule has 0 aliphatic rings. The maximum Gasteiger partial charge on any atom is 0.220 e. The van der Waals surface area contributed by atoms with E-state index in [0.717, 1.165) is 25.7 Å². The summed E-state index contributed by atoms with van der Waals surface area (Å²) in [4.78, 5) is 12.5. The molecule has 0 saturated carbocycles. The number of hydrogen-bond acceptors (Lipinski definition) is 3. The van der Waals surface area contributed by atoms with Crippen molar-refractivity contribution < 1.29 is 15.0 Å². The summed E-state index contributed by atoms with van der Waals surface area (Å²) in [5.74, 6) is -0.0231. The Kier molecular flexibility index (Phi) is 53.2. The minimum atomic E-state index is -0.655. The van der Waals surface area contributed by atoms with Gasteiger partial charge in [0.2, 0.25) is 5.91 Å². The second-order valence-corrected chi connectivity index (χ2v) is 20.1. The fraction of sp³-hybridized carbons (Fsp3) is 0.982. The van der Waals surface area contributed by atoms with E-state index in [2.05, 4.69) is 19.2 Å². The number of carbonyl (C=O) groups is 1. The summed E-state index contributed by atoms with van der Waals surface area (Å²) in [5.41, 5.74) is 0. The normalized spacial score (nSPS) is 12.7. The van der Waals surface area contributed by atoms with Crippen molar-refractivity contribution in [2.24, 2.45) is 0 Å². The summed E-state index contributed by atoms with van der Waals surface area (Å²) in [7, 11) is 0. The van der Waals surface area contributed by atoms with Crippen molar-refractivity contribution >= 4 is 5.91 Å². The van der Waals surface area contributed by atoms with E-state index < -0.39 is 12.1 Å². The molecular weight excluding hydrogens is 747 g/mol. The molecule has 4 heteroatoms. The van der Waals surface area contributed by atoms with Gasteiger partial charge in [-0.3, -0.25) is 4.79 Å². The van der Waals surface area contributed by atoms with Crippen molar-refractivity contribution in [3.63, 3.8) is 0 Å². The molecule has 0 radical (unpaired) electrons. The van der Waals surface area contributed by atoms with Crippen LogP contribution >= 0.6 is 0 Å². The Bertz CT molecular complexity index is 803. The Morgan fingerprint density at radius 3 is 0.738 bits per heavy atom. The van der Waals surface area contributed by atoms with Crippen molar-refractivity contribution in [2.75, 3.05) is 6.61 Å². The number of unbranched alkanes of at least 4 members (excludes halogenated alkanes) is 47. The maximum atomic E-state index is 12.5. The predicted molar refractivity (Wildman–Crippen MR) is 272 cm³/mol. The van der Waals surface area contributed by atoms with Crippen molar-refractivity contribution in [3.05, 3.63) is 0 Å². The van der Waals surface area contributed by atoms with E-state index in [1.54, 1.807) is 0 Å². The average molecular weight is 863 g/mol. The van der Waals surface area contributed by atoms with Crippen LogP contribution in [-0.2, 0) is 4.79 Å². The van der Waals surface area contributed by atoms with Crippen LogP contribution in [0.4, 0.5) is 0 Å². The molecular formula is C57H115NO3. The lowest BCUT2D eigenvalue weighted by atomic mass is 10.0. The highest BCUT2D eigenvalue weighted by Crippen LogP contribution is 2.19. The zero-order valence-corrected chi connectivity index (χ0v) is 42.2. The van der Waals surface area contributed by atoms with Gasteiger partial charge in [-0.2, -0.15) is 0 Å². The highest BCUT2D eigenvalue weighted by Gasteiger charge is 2.20. The second-order valence-electron chi connectivity index (χ2n) is 20.1. The zero-order valence-electron chi connectivity index (χ0n) is 42.2. The van der Waals surface area contributed by atoms with E-state index >= 15 is 0 Å². The van der Waals surface area contributed by atoms with Crippen molar-refractivity contribution in [3.8, 4) is 0 Å². The van der Waals surface area contributed by atoms with Gasteiger partial charge in [0.15, 0.2) is 0 Å². The number of hydrogen-bond donors (Lipinski definition) is 3. The smallest absolute Gasteiger partial charge is 0.220 e. The highest BCUT2D eigenvalue weighted by atomic mass is 16.3. The number of aliphatic hydroxyl groups is 2. The molecule has 0 aliphatic heterocycles. The van der Waals surface area contributed by atoms with Crippen LogP contribution in [0.5, 0.6) is 0 Å². The fourth-order valence-electron chi connectivity index (χ4n) is 9.48. The van der Waals surface area contributed by atoms with Gasteiger partial charge in [-0.1, -0.05) is 322 Å². The van der Waals surface area contributed by atoms with E-state index in [1.807, 2.05) is 0 Å². The molecule has 0 heterocycles. The number of rotatable bonds is 54. The molecule has 0 aromatic rings. The number of amides is 1. The molecule has 0 saturated heterocycles. The van der Waals surface area contributed by atoms with Gasteiger partial charge in [0, 0.05) is 6.42 Å². The topological polar surface area (TPSA) is 69.6 Å².